The van der Waals surface area contributed by atoms with Crippen LogP contribution in [-0.2, 0) is 6.54 Å². The van der Waals surface area contributed by atoms with Crippen LogP contribution in [0.5, 0.6) is 0 Å². The molecule has 0 aromatic carbocycles. The van der Waals surface area contributed by atoms with E-state index in [9.17, 15) is 4.79 Å². The van der Waals surface area contributed by atoms with Gasteiger partial charge in [0, 0.05) is 11.7 Å². The largest absolute Gasteiger partial charge is 0.478 e. The lowest BCUT2D eigenvalue weighted by Crippen LogP contribution is -1.99. The minimum Gasteiger partial charge on any atom is -0.478 e. The summed E-state index contributed by atoms with van der Waals surface area (Å²) in [4.78, 5) is 10.7. The topological polar surface area (TPSA) is 55.1 Å². The van der Waals surface area contributed by atoms with Crippen molar-refractivity contribution in [1.29, 1.82) is 0 Å². The molecular weight excluding hydrogens is 204 g/mol. The number of aromatic carboxylic acids is 1. The van der Waals surface area contributed by atoms with Crippen LogP contribution in [0.15, 0.2) is 17.3 Å². The van der Waals surface area contributed by atoms with Gasteiger partial charge in [-0.15, -0.1) is 0 Å². The number of nitrogens with zero attached hydrogens (tertiary/aromatic N) is 2. The number of rotatable bonds is 3. The highest BCUT2D eigenvalue weighted by molar-refractivity contribution is 6.25. The van der Waals surface area contributed by atoms with Gasteiger partial charge in [0.25, 0.3) is 0 Å². The Hall–Kier alpha value is -1.29. The van der Waals surface area contributed by atoms with E-state index in [1.165, 1.54) is 11.7 Å². The van der Waals surface area contributed by atoms with Crippen LogP contribution >= 0.6 is 11.6 Å². The van der Waals surface area contributed by atoms with Gasteiger partial charge in [0.1, 0.15) is 5.56 Å². The maximum atomic E-state index is 10.7. The van der Waals surface area contributed by atoms with Gasteiger partial charge >= 0.3 is 5.97 Å². The van der Waals surface area contributed by atoms with E-state index in [-0.39, 0.29) is 5.56 Å². The Morgan fingerprint density at radius 1 is 1.79 bits per heavy atom. The molecular formula is C9H11ClN2O2. The molecule has 1 aromatic heterocycles. The minimum absolute atomic E-state index is 0.229. The molecule has 0 atom stereocenters. The molecule has 1 aromatic rings. The molecule has 0 fully saturated rings. The summed E-state index contributed by atoms with van der Waals surface area (Å²) in [5.41, 5.74) is 3.12. The van der Waals surface area contributed by atoms with E-state index in [4.69, 9.17) is 16.7 Å². The molecule has 0 radical (unpaired) electrons. The molecule has 0 spiro atoms. The third-order valence-corrected chi connectivity index (χ3v) is 2.15. The SMILES string of the molecule is C/C(=C/Cl)Cn1cc(C(=O)O)c(C)n1. The molecule has 0 aliphatic carbocycles. The molecule has 1 rings (SSSR count). The van der Waals surface area contributed by atoms with E-state index in [1.807, 2.05) is 6.92 Å². The molecule has 0 aliphatic rings. The first kappa shape index (κ1) is 10.8. The number of halogens is 1. The van der Waals surface area contributed by atoms with Gasteiger partial charge in [-0.2, -0.15) is 5.10 Å². The van der Waals surface area contributed by atoms with Crippen LogP contribution in [0.1, 0.15) is 23.0 Å². The fraction of sp³-hybridized carbons (Fsp3) is 0.333. The van der Waals surface area contributed by atoms with E-state index in [0.717, 1.165) is 5.57 Å². The third kappa shape index (κ3) is 2.35. The van der Waals surface area contributed by atoms with Crippen molar-refractivity contribution in [3.8, 4) is 0 Å². The van der Waals surface area contributed by atoms with E-state index in [0.29, 0.717) is 12.2 Å². The zero-order valence-electron chi connectivity index (χ0n) is 7.99. The monoisotopic (exact) mass is 214 g/mol. The highest BCUT2D eigenvalue weighted by Crippen LogP contribution is 2.07. The Labute approximate surface area is 86.8 Å². The van der Waals surface area contributed by atoms with E-state index < -0.39 is 5.97 Å². The number of hydrogen-bond donors (Lipinski definition) is 1. The van der Waals surface area contributed by atoms with Gasteiger partial charge < -0.3 is 5.11 Å². The zero-order valence-corrected chi connectivity index (χ0v) is 8.75. The lowest BCUT2D eigenvalue weighted by Gasteiger charge is -1.98. The van der Waals surface area contributed by atoms with Gasteiger partial charge in [-0.3, -0.25) is 4.68 Å². The van der Waals surface area contributed by atoms with Crippen molar-refractivity contribution in [2.24, 2.45) is 0 Å². The molecule has 1 heterocycles. The summed E-state index contributed by atoms with van der Waals surface area (Å²) >= 11 is 5.49. The predicted molar refractivity (Wildman–Crippen MR) is 53.5 cm³/mol. The van der Waals surface area contributed by atoms with E-state index >= 15 is 0 Å². The summed E-state index contributed by atoms with van der Waals surface area (Å²) in [5, 5.41) is 12.8. The van der Waals surface area contributed by atoms with Crippen molar-refractivity contribution < 1.29 is 9.90 Å². The highest BCUT2D eigenvalue weighted by Gasteiger charge is 2.11. The van der Waals surface area contributed by atoms with Gasteiger partial charge in [-0.05, 0) is 19.4 Å². The van der Waals surface area contributed by atoms with Crippen LogP contribution in [-0.4, -0.2) is 20.9 Å². The lowest BCUT2D eigenvalue weighted by molar-refractivity contribution is 0.0696. The van der Waals surface area contributed by atoms with Crippen LogP contribution in [0.2, 0.25) is 0 Å². The molecule has 5 heteroatoms. The molecule has 1 N–H and O–H groups in total. The number of aromatic nitrogens is 2. The average Bonchev–Trinajstić information content (AvgIpc) is 2.46. The van der Waals surface area contributed by atoms with E-state index in [2.05, 4.69) is 5.10 Å². The van der Waals surface area contributed by atoms with Gasteiger partial charge in [0.15, 0.2) is 0 Å². The maximum absolute atomic E-state index is 10.7. The molecule has 0 saturated heterocycles. The average molecular weight is 215 g/mol. The fourth-order valence-corrected chi connectivity index (χ4v) is 1.17. The van der Waals surface area contributed by atoms with Crippen LogP contribution < -0.4 is 0 Å². The second-order valence-corrected chi connectivity index (χ2v) is 3.30. The van der Waals surface area contributed by atoms with Gasteiger partial charge in [0.05, 0.1) is 12.2 Å². The van der Waals surface area contributed by atoms with Crippen LogP contribution in [0.25, 0.3) is 0 Å². The van der Waals surface area contributed by atoms with Crippen molar-refractivity contribution in [2.45, 2.75) is 20.4 Å². The Kier molecular flexibility index (Phi) is 3.30. The molecule has 0 unspecified atom stereocenters. The summed E-state index contributed by atoms with van der Waals surface area (Å²) in [5.74, 6) is -0.957. The number of aryl methyl sites for hydroxylation is 1. The molecule has 0 saturated carbocycles. The standard InChI is InChI=1S/C9H11ClN2O2/c1-6(3-10)4-12-5-8(9(13)14)7(2)11-12/h3,5H,4H2,1-2H3,(H,13,14)/b6-3-. The number of carboxylic acid groups (broad SMARTS) is 1. The smallest absolute Gasteiger partial charge is 0.339 e. The first-order valence-electron chi connectivity index (χ1n) is 4.07. The predicted octanol–water partition coefficient (Wildman–Crippen LogP) is 2.03. The summed E-state index contributed by atoms with van der Waals surface area (Å²) in [7, 11) is 0. The van der Waals surface area contributed by atoms with Gasteiger partial charge in [0.2, 0.25) is 0 Å². The Balaban J connectivity index is 2.92. The van der Waals surface area contributed by atoms with E-state index in [1.54, 1.807) is 11.6 Å². The van der Waals surface area contributed by atoms with Crippen LogP contribution in [0.3, 0.4) is 0 Å². The van der Waals surface area contributed by atoms with Crippen molar-refractivity contribution in [3.63, 3.8) is 0 Å². The molecule has 4 nitrogen and oxygen atoms in total. The lowest BCUT2D eigenvalue weighted by atomic mass is 10.3. The second-order valence-electron chi connectivity index (χ2n) is 3.09. The maximum Gasteiger partial charge on any atom is 0.339 e. The Morgan fingerprint density at radius 2 is 2.43 bits per heavy atom. The van der Waals surface area contributed by atoms with Crippen LogP contribution in [0, 0.1) is 6.92 Å². The second kappa shape index (κ2) is 4.28. The Bertz CT molecular complexity index is 382. The highest BCUT2D eigenvalue weighted by atomic mass is 35.5. The first-order chi connectivity index (χ1) is 6.54. The first-order valence-corrected chi connectivity index (χ1v) is 4.51. The van der Waals surface area contributed by atoms with Crippen molar-refractivity contribution >= 4 is 17.6 Å². The summed E-state index contributed by atoms with van der Waals surface area (Å²) in [6.45, 7) is 4.03. The van der Waals surface area contributed by atoms with Crippen molar-refractivity contribution in [2.75, 3.05) is 0 Å². The molecule has 0 amide bonds. The molecule has 0 aliphatic heterocycles. The van der Waals surface area contributed by atoms with Crippen LogP contribution in [0.4, 0.5) is 0 Å². The number of allylic oxidation sites excluding steroid dienone is 1. The quantitative estimate of drug-likeness (QED) is 0.838. The number of hydrogen-bond acceptors (Lipinski definition) is 2. The Morgan fingerprint density at radius 3 is 2.86 bits per heavy atom. The molecule has 76 valence electrons. The van der Waals surface area contributed by atoms with Gasteiger partial charge in [-0.1, -0.05) is 11.6 Å². The summed E-state index contributed by atoms with van der Waals surface area (Å²) < 4.78 is 1.56. The van der Waals surface area contributed by atoms with Crippen molar-refractivity contribution in [1.82, 2.24) is 9.78 Å². The zero-order chi connectivity index (χ0) is 10.7. The number of carboxylic acids is 1. The third-order valence-electron chi connectivity index (χ3n) is 1.77. The molecule has 0 bridgehead atoms. The summed E-state index contributed by atoms with van der Waals surface area (Å²) in [6.07, 6.45) is 1.50. The van der Waals surface area contributed by atoms with Crippen molar-refractivity contribution in [3.05, 3.63) is 28.6 Å². The van der Waals surface area contributed by atoms with Gasteiger partial charge in [-0.25, -0.2) is 4.79 Å². The fourth-order valence-electron chi connectivity index (χ4n) is 1.10. The summed E-state index contributed by atoms with van der Waals surface area (Å²) in [6, 6.07) is 0. The minimum atomic E-state index is -0.957. The number of carbonyl (C=O) groups is 1. The molecule has 14 heavy (non-hydrogen) atoms. The normalized spacial score (nSPS) is 11.8.